The number of para-hydroxylation sites is 1. The molecule has 25 heavy (non-hydrogen) atoms. The van der Waals surface area contributed by atoms with Crippen LogP contribution in [-0.4, -0.2) is 27.7 Å². The Labute approximate surface area is 150 Å². The third-order valence-corrected chi connectivity index (χ3v) is 5.36. The van der Waals surface area contributed by atoms with E-state index in [4.69, 9.17) is 4.42 Å². The average molecular weight is 353 g/mol. The highest BCUT2D eigenvalue weighted by Crippen LogP contribution is 2.32. The average Bonchev–Trinajstić information content (AvgIpc) is 3.34. The van der Waals surface area contributed by atoms with Gasteiger partial charge in [0.2, 0.25) is 5.91 Å². The van der Waals surface area contributed by atoms with E-state index < -0.39 is 0 Å². The molecule has 1 aromatic carbocycles. The number of hydrogen-bond acceptors (Lipinski definition) is 5. The van der Waals surface area contributed by atoms with Gasteiger partial charge >= 0.3 is 0 Å². The molecule has 1 aliphatic rings. The van der Waals surface area contributed by atoms with Crippen molar-refractivity contribution in [1.82, 2.24) is 15.3 Å². The summed E-state index contributed by atoms with van der Waals surface area (Å²) in [5.74, 6) is 2.21. The van der Waals surface area contributed by atoms with Gasteiger partial charge in [0.05, 0.1) is 17.5 Å². The molecule has 5 nitrogen and oxygen atoms in total. The van der Waals surface area contributed by atoms with Crippen molar-refractivity contribution in [3.63, 3.8) is 0 Å². The summed E-state index contributed by atoms with van der Waals surface area (Å²) < 4.78 is 5.42. The lowest BCUT2D eigenvalue weighted by molar-refractivity contribution is -0.119. The molecule has 128 valence electrons. The molecule has 2 aromatic heterocycles. The number of benzene rings is 1. The van der Waals surface area contributed by atoms with Gasteiger partial charge in [0, 0.05) is 11.4 Å². The maximum absolute atomic E-state index is 12.2. The Hall–Kier alpha value is -2.34. The summed E-state index contributed by atoms with van der Waals surface area (Å²) in [6.07, 6.45) is 4.04. The zero-order chi connectivity index (χ0) is 17.2. The number of amides is 1. The Bertz CT molecular complexity index is 891. The SMILES string of the molecule is CC(NC(=O)CSc1nc(-c2ccco2)nc2ccccc12)C1CC1. The van der Waals surface area contributed by atoms with Gasteiger partial charge in [-0.05, 0) is 43.9 Å². The van der Waals surface area contributed by atoms with Crippen molar-refractivity contribution in [2.75, 3.05) is 5.75 Å². The number of carbonyl (C=O) groups excluding carboxylic acids is 1. The minimum Gasteiger partial charge on any atom is -0.461 e. The quantitative estimate of drug-likeness (QED) is 0.538. The number of hydrogen-bond donors (Lipinski definition) is 1. The number of rotatable bonds is 6. The van der Waals surface area contributed by atoms with Crippen LogP contribution in [0.25, 0.3) is 22.5 Å². The van der Waals surface area contributed by atoms with Gasteiger partial charge in [0.1, 0.15) is 5.03 Å². The van der Waals surface area contributed by atoms with E-state index in [2.05, 4.69) is 22.2 Å². The summed E-state index contributed by atoms with van der Waals surface area (Å²) >= 11 is 1.44. The molecule has 1 atom stereocenters. The van der Waals surface area contributed by atoms with E-state index >= 15 is 0 Å². The number of furan rings is 1. The van der Waals surface area contributed by atoms with Crippen LogP contribution in [-0.2, 0) is 4.79 Å². The fraction of sp³-hybridized carbons (Fsp3) is 0.316. The molecule has 0 spiro atoms. The minimum atomic E-state index is 0.0478. The van der Waals surface area contributed by atoms with Gasteiger partial charge in [0.25, 0.3) is 0 Å². The van der Waals surface area contributed by atoms with Crippen LogP contribution in [0, 0.1) is 5.92 Å². The molecule has 0 aliphatic heterocycles. The van der Waals surface area contributed by atoms with E-state index in [9.17, 15) is 4.79 Å². The smallest absolute Gasteiger partial charge is 0.230 e. The molecule has 3 aromatic rings. The lowest BCUT2D eigenvalue weighted by Gasteiger charge is -2.12. The first-order valence-corrected chi connectivity index (χ1v) is 9.42. The highest BCUT2D eigenvalue weighted by molar-refractivity contribution is 8.00. The zero-order valence-electron chi connectivity index (χ0n) is 13.9. The zero-order valence-corrected chi connectivity index (χ0v) is 14.8. The molecular formula is C19H19N3O2S. The molecule has 1 unspecified atom stereocenters. The van der Waals surface area contributed by atoms with Gasteiger partial charge in [-0.1, -0.05) is 30.0 Å². The molecule has 6 heteroatoms. The first-order valence-electron chi connectivity index (χ1n) is 8.43. The Morgan fingerprint density at radius 3 is 2.88 bits per heavy atom. The summed E-state index contributed by atoms with van der Waals surface area (Å²) in [4.78, 5) is 21.4. The maximum atomic E-state index is 12.2. The normalized spacial score (nSPS) is 15.2. The molecule has 1 aliphatic carbocycles. The maximum Gasteiger partial charge on any atom is 0.230 e. The summed E-state index contributed by atoms with van der Waals surface area (Å²) in [5.41, 5.74) is 0.846. The number of fused-ring (bicyclic) bond motifs is 1. The summed E-state index contributed by atoms with van der Waals surface area (Å²) in [7, 11) is 0. The van der Waals surface area contributed by atoms with Gasteiger partial charge in [-0.3, -0.25) is 4.79 Å². The van der Waals surface area contributed by atoms with Crippen LogP contribution in [0.4, 0.5) is 0 Å². The second-order valence-electron chi connectivity index (χ2n) is 6.33. The topological polar surface area (TPSA) is 68.0 Å². The van der Waals surface area contributed by atoms with Crippen molar-refractivity contribution < 1.29 is 9.21 Å². The van der Waals surface area contributed by atoms with Crippen LogP contribution in [0.2, 0.25) is 0 Å². The van der Waals surface area contributed by atoms with Crippen molar-refractivity contribution >= 4 is 28.6 Å². The molecule has 1 saturated carbocycles. The van der Waals surface area contributed by atoms with Crippen LogP contribution in [0.5, 0.6) is 0 Å². The van der Waals surface area contributed by atoms with Gasteiger partial charge in [-0.2, -0.15) is 0 Å². The molecule has 1 N–H and O–H groups in total. The summed E-state index contributed by atoms with van der Waals surface area (Å²) in [6, 6.07) is 11.7. The number of thioether (sulfide) groups is 1. The lowest BCUT2D eigenvalue weighted by atomic mass is 10.2. The monoisotopic (exact) mass is 353 g/mol. The Balaban J connectivity index is 1.56. The highest BCUT2D eigenvalue weighted by atomic mass is 32.2. The molecular weight excluding hydrogens is 334 g/mol. The van der Waals surface area contributed by atoms with E-state index in [0.29, 0.717) is 23.3 Å². The standard InChI is InChI=1S/C19H19N3O2S/c1-12(13-8-9-13)20-17(23)11-25-19-14-5-2-3-6-15(14)21-18(22-19)16-7-4-10-24-16/h2-7,10,12-13H,8-9,11H2,1H3,(H,20,23). The van der Waals surface area contributed by atoms with Gasteiger partial charge in [-0.25, -0.2) is 9.97 Å². The van der Waals surface area contributed by atoms with Crippen molar-refractivity contribution in [3.05, 3.63) is 42.7 Å². The molecule has 1 amide bonds. The fourth-order valence-corrected chi connectivity index (χ4v) is 3.65. The molecule has 0 saturated heterocycles. The number of nitrogens with one attached hydrogen (secondary N) is 1. The molecule has 1 fully saturated rings. The minimum absolute atomic E-state index is 0.0478. The first-order chi connectivity index (χ1) is 12.2. The van der Waals surface area contributed by atoms with Crippen LogP contribution in [0.3, 0.4) is 0 Å². The van der Waals surface area contributed by atoms with Crippen molar-refractivity contribution in [1.29, 1.82) is 0 Å². The van der Waals surface area contributed by atoms with Crippen molar-refractivity contribution in [2.24, 2.45) is 5.92 Å². The van der Waals surface area contributed by atoms with Crippen LogP contribution in [0.15, 0.2) is 52.1 Å². The second-order valence-corrected chi connectivity index (χ2v) is 7.29. The Morgan fingerprint density at radius 2 is 2.12 bits per heavy atom. The largest absolute Gasteiger partial charge is 0.461 e. The summed E-state index contributed by atoms with van der Waals surface area (Å²) in [5, 5.41) is 4.83. The number of carbonyl (C=O) groups is 1. The fourth-order valence-electron chi connectivity index (χ4n) is 2.82. The highest BCUT2D eigenvalue weighted by Gasteiger charge is 2.28. The van der Waals surface area contributed by atoms with Gasteiger partial charge in [-0.15, -0.1) is 0 Å². The molecule has 0 radical (unpaired) electrons. The van der Waals surface area contributed by atoms with E-state index in [1.54, 1.807) is 6.26 Å². The van der Waals surface area contributed by atoms with E-state index in [1.165, 1.54) is 24.6 Å². The van der Waals surface area contributed by atoms with E-state index in [0.717, 1.165) is 15.9 Å². The van der Waals surface area contributed by atoms with E-state index in [1.807, 2.05) is 36.4 Å². The third-order valence-electron chi connectivity index (χ3n) is 4.37. The first kappa shape index (κ1) is 16.1. The summed E-state index contributed by atoms with van der Waals surface area (Å²) in [6.45, 7) is 2.08. The van der Waals surface area contributed by atoms with Crippen molar-refractivity contribution in [3.8, 4) is 11.6 Å². The molecule has 0 bridgehead atoms. The Morgan fingerprint density at radius 1 is 1.28 bits per heavy atom. The predicted molar refractivity (Wildman–Crippen MR) is 98.3 cm³/mol. The van der Waals surface area contributed by atoms with Crippen molar-refractivity contribution in [2.45, 2.75) is 30.8 Å². The second kappa shape index (κ2) is 6.88. The van der Waals surface area contributed by atoms with E-state index in [-0.39, 0.29) is 11.9 Å². The molecule has 4 rings (SSSR count). The van der Waals surface area contributed by atoms with Gasteiger partial charge < -0.3 is 9.73 Å². The van der Waals surface area contributed by atoms with Crippen LogP contribution in [0.1, 0.15) is 19.8 Å². The molecule has 2 heterocycles. The van der Waals surface area contributed by atoms with Crippen LogP contribution >= 0.6 is 11.8 Å². The Kier molecular flexibility index (Phi) is 4.44. The van der Waals surface area contributed by atoms with Crippen LogP contribution < -0.4 is 5.32 Å². The van der Waals surface area contributed by atoms with Gasteiger partial charge in [0.15, 0.2) is 11.6 Å². The number of nitrogens with zero attached hydrogens (tertiary/aromatic N) is 2. The lowest BCUT2D eigenvalue weighted by Crippen LogP contribution is -2.35. The predicted octanol–water partition coefficient (Wildman–Crippen LogP) is 3.90. The number of aromatic nitrogens is 2. The third kappa shape index (κ3) is 3.69.